The Morgan fingerprint density at radius 3 is 2.53 bits per heavy atom. The normalized spacial score (nSPS) is 14.3. The number of phenolic OH excluding ortho intramolecular Hbond substituents is 1. The lowest BCUT2D eigenvalue weighted by Crippen LogP contribution is -2.16. The first kappa shape index (κ1) is 11.9. The number of nitrogens with zero attached hydrogens (tertiary/aromatic N) is 1. The number of aliphatic hydroxyl groups is 2. The Balaban J connectivity index is 3.20. The van der Waals surface area contributed by atoms with E-state index in [0.717, 1.165) is 6.07 Å². The van der Waals surface area contributed by atoms with E-state index >= 15 is 0 Å². The molecule has 6 heteroatoms. The number of hydrogen-bond donors (Lipinski definition) is 3. The van der Waals surface area contributed by atoms with Crippen molar-refractivity contribution < 1.29 is 19.7 Å². The third-order valence-corrected chi connectivity index (χ3v) is 2.27. The fourth-order valence-corrected chi connectivity index (χ4v) is 1.50. The van der Waals surface area contributed by atoms with Crippen LogP contribution >= 0.6 is 15.9 Å². The maximum absolute atomic E-state index is 13.0. The monoisotopic (exact) mass is 275 g/mol. The summed E-state index contributed by atoms with van der Waals surface area (Å²) in [6.07, 6.45) is -3.37. The van der Waals surface area contributed by atoms with Crippen LogP contribution in [0.4, 0.5) is 4.39 Å². The summed E-state index contributed by atoms with van der Waals surface area (Å²) >= 11 is 2.96. The Hall–Kier alpha value is -1.16. The summed E-state index contributed by atoms with van der Waals surface area (Å²) in [6, 6.07) is 3.62. The van der Waals surface area contributed by atoms with Gasteiger partial charge in [0, 0.05) is 10.0 Å². The molecular weight excluding hydrogens is 269 g/mol. The van der Waals surface area contributed by atoms with Crippen molar-refractivity contribution in [3.63, 3.8) is 0 Å². The minimum absolute atomic E-state index is 0.240. The minimum Gasteiger partial charge on any atom is -0.505 e. The van der Waals surface area contributed by atoms with E-state index in [1.165, 1.54) is 12.1 Å². The van der Waals surface area contributed by atoms with Crippen LogP contribution in [-0.4, -0.2) is 21.4 Å². The van der Waals surface area contributed by atoms with E-state index in [2.05, 4.69) is 15.9 Å². The van der Waals surface area contributed by atoms with E-state index in [4.69, 9.17) is 10.4 Å². The highest BCUT2D eigenvalue weighted by Crippen LogP contribution is 2.31. The van der Waals surface area contributed by atoms with Gasteiger partial charge in [-0.25, -0.2) is 4.39 Å². The average Bonchev–Trinajstić information content (AvgIpc) is 2.21. The predicted molar refractivity (Wildman–Crippen MR) is 52.3 cm³/mol. The van der Waals surface area contributed by atoms with Gasteiger partial charge in [-0.15, -0.1) is 0 Å². The van der Waals surface area contributed by atoms with E-state index in [0.29, 0.717) is 0 Å². The van der Waals surface area contributed by atoms with Crippen LogP contribution in [0.3, 0.4) is 0 Å². The fourth-order valence-electron chi connectivity index (χ4n) is 1.05. The molecule has 0 heterocycles. The second kappa shape index (κ2) is 4.57. The summed E-state index contributed by atoms with van der Waals surface area (Å²) in [6.45, 7) is 0. The molecule has 1 rings (SSSR count). The van der Waals surface area contributed by atoms with E-state index < -0.39 is 23.8 Å². The Morgan fingerprint density at radius 2 is 2.00 bits per heavy atom. The molecule has 2 unspecified atom stereocenters. The molecule has 0 fully saturated rings. The fraction of sp³-hybridized carbons (Fsp3) is 0.222. The second-order valence-electron chi connectivity index (χ2n) is 2.84. The summed E-state index contributed by atoms with van der Waals surface area (Å²) in [5, 5.41) is 36.0. The summed E-state index contributed by atoms with van der Waals surface area (Å²) in [4.78, 5) is 0. The van der Waals surface area contributed by atoms with Gasteiger partial charge in [-0.1, -0.05) is 15.9 Å². The number of phenols is 1. The molecule has 1 aromatic rings. The van der Waals surface area contributed by atoms with Gasteiger partial charge >= 0.3 is 0 Å². The van der Waals surface area contributed by atoms with Crippen molar-refractivity contribution in [2.45, 2.75) is 12.2 Å². The van der Waals surface area contributed by atoms with Gasteiger partial charge in [0.15, 0.2) is 17.7 Å². The molecule has 0 saturated carbocycles. The number of nitriles is 1. The van der Waals surface area contributed by atoms with Crippen molar-refractivity contribution in [3.8, 4) is 11.8 Å². The summed E-state index contributed by atoms with van der Waals surface area (Å²) in [5.74, 6) is -1.72. The molecule has 80 valence electrons. The molecule has 0 aliphatic heterocycles. The first-order valence-electron chi connectivity index (χ1n) is 3.91. The Labute approximate surface area is 93.3 Å². The van der Waals surface area contributed by atoms with Crippen molar-refractivity contribution >= 4 is 15.9 Å². The van der Waals surface area contributed by atoms with Crippen LogP contribution in [0.25, 0.3) is 0 Å². The molecule has 0 aromatic heterocycles. The van der Waals surface area contributed by atoms with Gasteiger partial charge < -0.3 is 15.3 Å². The predicted octanol–water partition coefficient (Wildman–Crippen LogP) is 1.21. The molecular formula is C9H7BrFNO3. The minimum atomic E-state index is -1.72. The Kier molecular flexibility index (Phi) is 3.63. The average molecular weight is 276 g/mol. The van der Waals surface area contributed by atoms with Crippen molar-refractivity contribution in [3.05, 3.63) is 28.0 Å². The standard InChI is InChI=1S/C9H7BrFNO3/c10-4-1-5(8(14)6(11)2-4)9(15)7(13)3-12/h1-2,7,9,13-15H. The smallest absolute Gasteiger partial charge is 0.170 e. The Morgan fingerprint density at radius 1 is 1.40 bits per heavy atom. The van der Waals surface area contributed by atoms with Crippen molar-refractivity contribution in [1.82, 2.24) is 0 Å². The van der Waals surface area contributed by atoms with Crippen LogP contribution < -0.4 is 0 Å². The van der Waals surface area contributed by atoms with Crippen LogP contribution in [0.5, 0.6) is 5.75 Å². The first-order chi connectivity index (χ1) is 6.97. The Bertz CT molecular complexity index is 419. The number of halogens is 2. The highest BCUT2D eigenvalue weighted by Gasteiger charge is 2.23. The van der Waals surface area contributed by atoms with Gasteiger partial charge in [0.05, 0.1) is 6.07 Å². The van der Waals surface area contributed by atoms with E-state index in [1.54, 1.807) is 0 Å². The molecule has 3 N–H and O–H groups in total. The molecule has 1 aromatic carbocycles. The molecule has 0 aliphatic rings. The summed E-state index contributed by atoms with van der Waals surface area (Å²) in [5.41, 5.74) is -0.240. The van der Waals surface area contributed by atoms with Crippen molar-refractivity contribution in [2.75, 3.05) is 0 Å². The van der Waals surface area contributed by atoms with Gasteiger partial charge in [-0.3, -0.25) is 0 Å². The maximum Gasteiger partial charge on any atom is 0.170 e. The van der Waals surface area contributed by atoms with Crippen LogP contribution in [0.2, 0.25) is 0 Å². The number of benzene rings is 1. The maximum atomic E-state index is 13.0. The highest BCUT2D eigenvalue weighted by molar-refractivity contribution is 9.10. The number of aromatic hydroxyl groups is 1. The molecule has 0 radical (unpaired) electrons. The number of rotatable bonds is 2. The van der Waals surface area contributed by atoms with Crippen molar-refractivity contribution in [1.29, 1.82) is 5.26 Å². The zero-order chi connectivity index (χ0) is 11.6. The molecule has 0 saturated heterocycles. The molecule has 4 nitrogen and oxygen atoms in total. The summed E-state index contributed by atoms with van der Waals surface area (Å²) < 4.78 is 13.3. The highest BCUT2D eigenvalue weighted by atomic mass is 79.9. The van der Waals surface area contributed by atoms with Gasteiger partial charge in [0.1, 0.15) is 6.10 Å². The summed E-state index contributed by atoms with van der Waals surface area (Å²) in [7, 11) is 0. The van der Waals surface area contributed by atoms with E-state index in [1.807, 2.05) is 0 Å². The lowest BCUT2D eigenvalue weighted by Gasteiger charge is -2.14. The van der Waals surface area contributed by atoms with E-state index in [9.17, 15) is 14.6 Å². The van der Waals surface area contributed by atoms with Crippen LogP contribution in [0, 0.1) is 17.1 Å². The van der Waals surface area contributed by atoms with Gasteiger partial charge in [0.25, 0.3) is 0 Å². The zero-order valence-corrected chi connectivity index (χ0v) is 8.94. The number of hydrogen-bond acceptors (Lipinski definition) is 4. The third-order valence-electron chi connectivity index (χ3n) is 1.81. The lowest BCUT2D eigenvalue weighted by atomic mass is 10.0. The third kappa shape index (κ3) is 2.45. The molecule has 15 heavy (non-hydrogen) atoms. The zero-order valence-electron chi connectivity index (χ0n) is 7.35. The van der Waals surface area contributed by atoms with E-state index in [-0.39, 0.29) is 10.0 Å². The van der Waals surface area contributed by atoms with Gasteiger partial charge in [-0.05, 0) is 12.1 Å². The van der Waals surface area contributed by atoms with Crippen LogP contribution in [-0.2, 0) is 0 Å². The lowest BCUT2D eigenvalue weighted by molar-refractivity contribution is 0.0507. The van der Waals surface area contributed by atoms with Gasteiger partial charge in [0.2, 0.25) is 0 Å². The largest absolute Gasteiger partial charge is 0.505 e. The first-order valence-corrected chi connectivity index (χ1v) is 4.70. The van der Waals surface area contributed by atoms with Crippen LogP contribution in [0.1, 0.15) is 11.7 Å². The quantitative estimate of drug-likeness (QED) is 0.709. The topological polar surface area (TPSA) is 84.5 Å². The molecule has 0 amide bonds. The van der Waals surface area contributed by atoms with Crippen molar-refractivity contribution in [2.24, 2.45) is 0 Å². The second-order valence-corrected chi connectivity index (χ2v) is 3.76. The molecule has 0 spiro atoms. The molecule has 2 atom stereocenters. The number of aliphatic hydroxyl groups excluding tert-OH is 2. The van der Waals surface area contributed by atoms with Gasteiger partial charge in [-0.2, -0.15) is 5.26 Å². The SMILES string of the molecule is N#CC(O)C(O)c1cc(Br)cc(F)c1O. The van der Waals surface area contributed by atoms with Crippen LogP contribution in [0.15, 0.2) is 16.6 Å². The molecule has 0 bridgehead atoms. The molecule has 0 aliphatic carbocycles.